The normalized spacial score (nSPS) is 20.9. The van der Waals surface area contributed by atoms with Crippen molar-refractivity contribution in [3.05, 3.63) is 0 Å². The van der Waals surface area contributed by atoms with E-state index in [4.69, 9.17) is 22.4 Å². The lowest BCUT2D eigenvalue weighted by Crippen LogP contribution is -2.39. The highest BCUT2D eigenvalue weighted by atomic mass is 28.4. The van der Waals surface area contributed by atoms with Crippen LogP contribution >= 0.6 is 0 Å². The molecule has 1 saturated heterocycles. The quantitative estimate of drug-likeness (QED) is 0.139. The van der Waals surface area contributed by atoms with Gasteiger partial charge in [-0.1, -0.05) is 0 Å². The monoisotopic (exact) mass is 463 g/mol. The SMILES string of the molecule is CCO[Si](C)(CCCOC(=O)C1N(CCC[Si](C)(OCC)OCC)C1(C)C)OCC. The largest absolute Gasteiger partial charge is 0.464 e. The summed E-state index contributed by atoms with van der Waals surface area (Å²) >= 11 is 0. The van der Waals surface area contributed by atoms with E-state index in [-0.39, 0.29) is 17.6 Å². The summed E-state index contributed by atoms with van der Waals surface area (Å²) in [5, 5.41) is 0. The van der Waals surface area contributed by atoms with E-state index in [2.05, 4.69) is 31.8 Å². The highest BCUT2D eigenvalue weighted by Gasteiger charge is 2.60. The van der Waals surface area contributed by atoms with E-state index in [0.717, 1.165) is 31.5 Å². The molecule has 0 aromatic rings. The Morgan fingerprint density at radius 1 is 0.833 bits per heavy atom. The lowest BCUT2D eigenvalue weighted by molar-refractivity contribution is -0.144. The Morgan fingerprint density at radius 2 is 1.27 bits per heavy atom. The molecular formula is C21H45NO6Si2. The molecule has 1 fully saturated rings. The summed E-state index contributed by atoms with van der Waals surface area (Å²) in [6.45, 7) is 20.4. The van der Waals surface area contributed by atoms with Crippen molar-refractivity contribution in [1.29, 1.82) is 0 Å². The topological polar surface area (TPSA) is 66.2 Å². The van der Waals surface area contributed by atoms with E-state index in [1.54, 1.807) is 0 Å². The Morgan fingerprint density at radius 3 is 1.70 bits per heavy atom. The predicted molar refractivity (Wildman–Crippen MR) is 124 cm³/mol. The van der Waals surface area contributed by atoms with Crippen molar-refractivity contribution in [2.75, 3.05) is 39.6 Å². The van der Waals surface area contributed by atoms with Crippen LogP contribution in [0.25, 0.3) is 0 Å². The molecule has 1 heterocycles. The van der Waals surface area contributed by atoms with Gasteiger partial charge in [-0.05, 0) is 86.1 Å². The van der Waals surface area contributed by atoms with E-state index in [1.165, 1.54) is 0 Å². The number of esters is 1. The third kappa shape index (κ3) is 8.33. The number of carbonyl (C=O) groups is 1. The van der Waals surface area contributed by atoms with Gasteiger partial charge in [0.25, 0.3) is 0 Å². The maximum absolute atomic E-state index is 12.6. The summed E-state index contributed by atoms with van der Waals surface area (Å²) < 4.78 is 29.1. The van der Waals surface area contributed by atoms with Gasteiger partial charge in [0, 0.05) is 32.0 Å². The molecule has 0 bridgehead atoms. The van der Waals surface area contributed by atoms with Gasteiger partial charge in [-0.3, -0.25) is 9.69 Å². The van der Waals surface area contributed by atoms with Crippen LogP contribution in [-0.2, 0) is 27.2 Å². The van der Waals surface area contributed by atoms with Gasteiger partial charge in [-0.15, -0.1) is 0 Å². The smallest absolute Gasteiger partial charge is 0.335 e. The Labute approximate surface area is 186 Å². The molecule has 0 aromatic carbocycles. The summed E-state index contributed by atoms with van der Waals surface area (Å²) in [6.07, 6.45) is 1.73. The van der Waals surface area contributed by atoms with Crippen LogP contribution in [0.2, 0.25) is 25.2 Å². The van der Waals surface area contributed by atoms with Crippen molar-refractivity contribution >= 4 is 23.1 Å². The first-order chi connectivity index (χ1) is 14.1. The van der Waals surface area contributed by atoms with Crippen molar-refractivity contribution in [3.63, 3.8) is 0 Å². The molecule has 0 aromatic heterocycles. The third-order valence-corrected chi connectivity index (χ3v) is 11.8. The molecule has 0 saturated carbocycles. The fraction of sp³-hybridized carbons (Fsp3) is 0.952. The molecule has 1 rings (SSSR count). The standard InChI is InChI=1S/C21H45NO6Si2/c1-9-25-29(7,26-10-2)17-13-15-22-19(21(22,5)6)20(23)24-16-14-18-30(8,27-11-3)28-12-4/h19H,9-18H2,1-8H3. The van der Waals surface area contributed by atoms with Gasteiger partial charge in [-0.2, -0.15) is 0 Å². The molecule has 0 radical (unpaired) electrons. The predicted octanol–water partition coefficient (Wildman–Crippen LogP) is 4.06. The van der Waals surface area contributed by atoms with Crippen LogP contribution in [0.4, 0.5) is 0 Å². The molecule has 9 heteroatoms. The number of nitrogens with zero attached hydrogens (tertiary/aromatic N) is 1. The highest BCUT2D eigenvalue weighted by Crippen LogP contribution is 2.41. The maximum Gasteiger partial charge on any atom is 0.335 e. The minimum atomic E-state index is -2.15. The van der Waals surface area contributed by atoms with Gasteiger partial charge in [0.1, 0.15) is 6.04 Å². The van der Waals surface area contributed by atoms with E-state index in [0.29, 0.717) is 33.0 Å². The number of rotatable bonds is 17. The zero-order valence-electron chi connectivity index (χ0n) is 20.5. The molecule has 1 aliphatic rings. The van der Waals surface area contributed by atoms with Crippen LogP contribution in [0.5, 0.6) is 0 Å². The second-order valence-electron chi connectivity index (χ2n) is 8.62. The second kappa shape index (κ2) is 12.7. The first-order valence-electron chi connectivity index (χ1n) is 11.6. The number of hydrogen-bond donors (Lipinski definition) is 0. The number of ether oxygens (including phenoxy) is 1. The van der Waals surface area contributed by atoms with Crippen LogP contribution in [0.3, 0.4) is 0 Å². The lowest BCUT2D eigenvalue weighted by Gasteiger charge is -2.26. The van der Waals surface area contributed by atoms with Crippen LogP contribution in [0.1, 0.15) is 54.4 Å². The third-order valence-electron chi connectivity index (χ3n) is 5.72. The van der Waals surface area contributed by atoms with Crippen molar-refractivity contribution in [2.24, 2.45) is 0 Å². The maximum atomic E-state index is 12.6. The van der Waals surface area contributed by atoms with Crippen molar-refractivity contribution in [3.8, 4) is 0 Å². The number of carbonyl (C=O) groups excluding carboxylic acids is 1. The second-order valence-corrected chi connectivity index (χ2v) is 15.3. The molecule has 0 amide bonds. The van der Waals surface area contributed by atoms with Gasteiger partial charge in [0.05, 0.1) is 6.61 Å². The summed E-state index contributed by atoms with van der Waals surface area (Å²) in [4.78, 5) is 14.8. The lowest BCUT2D eigenvalue weighted by atomic mass is 10.1. The molecule has 178 valence electrons. The Kier molecular flexibility index (Phi) is 11.7. The summed E-state index contributed by atoms with van der Waals surface area (Å²) in [5.41, 5.74) is -0.147. The average Bonchev–Trinajstić information content (AvgIpc) is 3.20. The molecule has 2 atom stereocenters. The molecule has 2 unspecified atom stereocenters. The van der Waals surface area contributed by atoms with Crippen LogP contribution in [-0.4, -0.2) is 79.2 Å². The first kappa shape index (κ1) is 27.7. The van der Waals surface area contributed by atoms with Crippen molar-refractivity contribution < 1.29 is 27.2 Å². The van der Waals surface area contributed by atoms with E-state index < -0.39 is 17.1 Å². The minimum absolute atomic E-state index is 0.120. The van der Waals surface area contributed by atoms with Gasteiger partial charge in [0.15, 0.2) is 0 Å². The van der Waals surface area contributed by atoms with Gasteiger partial charge in [-0.25, -0.2) is 0 Å². The number of hydrogen-bond acceptors (Lipinski definition) is 7. The van der Waals surface area contributed by atoms with Crippen LogP contribution in [0.15, 0.2) is 0 Å². The zero-order valence-corrected chi connectivity index (χ0v) is 22.5. The molecular weight excluding hydrogens is 418 g/mol. The van der Waals surface area contributed by atoms with Gasteiger partial charge in [0.2, 0.25) is 0 Å². The molecule has 0 aliphatic carbocycles. The van der Waals surface area contributed by atoms with E-state index >= 15 is 0 Å². The van der Waals surface area contributed by atoms with Crippen LogP contribution in [0, 0.1) is 0 Å². The molecule has 7 nitrogen and oxygen atoms in total. The molecule has 30 heavy (non-hydrogen) atoms. The average molecular weight is 464 g/mol. The van der Waals surface area contributed by atoms with Crippen molar-refractivity contribution in [2.45, 2.75) is 91.1 Å². The highest BCUT2D eigenvalue weighted by molar-refractivity contribution is 6.66. The van der Waals surface area contributed by atoms with Gasteiger partial charge >= 0.3 is 23.1 Å². The first-order valence-corrected chi connectivity index (χ1v) is 16.6. The van der Waals surface area contributed by atoms with E-state index in [9.17, 15) is 4.79 Å². The van der Waals surface area contributed by atoms with Crippen LogP contribution < -0.4 is 0 Å². The molecule has 0 N–H and O–H groups in total. The van der Waals surface area contributed by atoms with Gasteiger partial charge < -0.3 is 22.4 Å². The summed E-state index contributed by atoms with van der Waals surface area (Å²) in [5.74, 6) is -0.120. The summed E-state index contributed by atoms with van der Waals surface area (Å²) in [7, 11) is -4.25. The Bertz CT molecular complexity index is 508. The molecule has 1 aliphatic heterocycles. The zero-order chi connectivity index (χ0) is 22.8. The minimum Gasteiger partial charge on any atom is -0.464 e. The van der Waals surface area contributed by atoms with E-state index in [1.807, 2.05) is 27.7 Å². The summed E-state index contributed by atoms with van der Waals surface area (Å²) in [6, 6.07) is 1.60. The Balaban J connectivity index is 2.41. The Hall–Kier alpha value is -0.296. The van der Waals surface area contributed by atoms with Crippen molar-refractivity contribution in [1.82, 2.24) is 4.90 Å². The fourth-order valence-corrected chi connectivity index (χ4v) is 8.98. The molecule has 0 spiro atoms. The fourth-order valence-electron chi connectivity index (χ4n) is 4.21.